The number of ketones is 1. The van der Waals surface area contributed by atoms with Gasteiger partial charge in [-0.25, -0.2) is 9.69 Å². The van der Waals surface area contributed by atoms with Crippen molar-refractivity contribution in [2.45, 2.75) is 13.0 Å². The van der Waals surface area contributed by atoms with Crippen LogP contribution in [0, 0.1) is 10.1 Å². The highest BCUT2D eigenvalue weighted by Gasteiger charge is 2.37. The van der Waals surface area contributed by atoms with E-state index >= 15 is 0 Å². The molecule has 9 nitrogen and oxygen atoms in total. The van der Waals surface area contributed by atoms with Crippen LogP contribution in [-0.4, -0.2) is 34.6 Å². The highest BCUT2D eigenvalue weighted by atomic mass is 16.6. The zero-order chi connectivity index (χ0) is 23.7. The van der Waals surface area contributed by atoms with Gasteiger partial charge in [0.15, 0.2) is 6.10 Å². The van der Waals surface area contributed by atoms with Crippen LogP contribution in [0.5, 0.6) is 0 Å². The number of non-ortho nitro benzene ring substituents is 1. The molecule has 33 heavy (non-hydrogen) atoms. The van der Waals surface area contributed by atoms with Crippen molar-refractivity contribution < 1.29 is 28.8 Å². The highest BCUT2D eigenvalue weighted by Crippen LogP contribution is 2.30. The fourth-order valence-corrected chi connectivity index (χ4v) is 3.44. The number of hydrogen-bond donors (Lipinski definition) is 0. The Morgan fingerprint density at radius 3 is 2.15 bits per heavy atom. The summed E-state index contributed by atoms with van der Waals surface area (Å²) in [6.07, 6.45) is -1.05. The van der Waals surface area contributed by atoms with Crippen molar-refractivity contribution in [2.24, 2.45) is 0 Å². The van der Waals surface area contributed by atoms with Crippen LogP contribution in [-0.2, 0) is 4.74 Å². The Balaban J connectivity index is 1.54. The SMILES string of the molecule is CC(OC(=O)c1ccc2c(c1)C(=O)N(c1ccc([N+](=O)[O-])cc1)C2=O)C(=O)c1ccccc1. The summed E-state index contributed by atoms with van der Waals surface area (Å²) in [7, 11) is 0. The molecule has 0 aliphatic carbocycles. The molecule has 4 rings (SSSR count). The van der Waals surface area contributed by atoms with Crippen molar-refractivity contribution in [1.82, 2.24) is 0 Å². The number of amides is 2. The van der Waals surface area contributed by atoms with E-state index in [9.17, 15) is 29.3 Å². The summed E-state index contributed by atoms with van der Waals surface area (Å²) >= 11 is 0. The Labute approximate surface area is 187 Å². The third kappa shape index (κ3) is 3.99. The maximum absolute atomic E-state index is 12.9. The van der Waals surface area contributed by atoms with Gasteiger partial charge in [-0.1, -0.05) is 30.3 Å². The first kappa shape index (κ1) is 21.6. The molecule has 1 atom stereocenters. The molecular weight excluding hydrogens is 428 g/mol. The molecule has 0 aromatic heterocycles. The number of carbonyl (C=O) groups excluding carboxylic acids is 4. The number of esters is 1. The van der Waals surface area contributed by atoms with Gasteiger partial charge in [-0.15, -0.1) is 0 Å². The predicted molar refractivity (Wildman–Crippen MR) is 116 cm³/mol. The predicted octanol–water partition coefficient (Wildman–Crippen LogP) is 3.82. The van der Waals surface area contributed by atoms with Crippen LogP contribution in [0.1, 0.15) is 48.4 Å². The van der Waals surface area contributed by atoms with Gasteiger partial charge in [0.2, 0.25) is 5.78 Å². The van der Waals surface area contributed by atoms with Gasteiger partial charge >= 0.3 is 5.97 Å². The molecular formula is C24H16N2O7. The summed E-state index contributed by atoms with van der Waals surface area (Å²) in [6, 6.07) is 17.3. The second kappa shape index (κ2) is 8.46. The number of nitro benzene ring substituents is 1. The second-order valence-corrected chi connectivity index (χ2v) is 7.26. The molecule has 3 aromatic rings. The van der Waals surface area contributed by atoms with Crippen LogP contribution in [0.3, 0.4) is 0 Å². The van der Waals surface area contributed by atoms with Crippen molar-refractivity contribution in [2.75, 3.05) is 4.90 Å². The second-order valence-electron chi connectivity index (χ2n) is 7.26. The van der Waals surface area contributed by atoms with E-state index in [0.29, 0.717) is 5.56 Å². The quantitative estimate of drug-likeness (QED) is 0.186. The fraction of sp³-hybridized carbons (Fsp3) is 0.0833. The minimum Gasteiger partial charge on any atom is -0.451 e. The topological polar surface area (TPSA) is 124 Å². The number of nitro groups is 1. The van der Waals surface area contributed by atoms with Crippen LogP contribution in [0.4, 0.5) is 11.4 Å². The molecule has 1 aliphatic rings. The van der Waals surface area contributed by atoms with E-state index in [1.54, 1.807) is 30.3 Å². The highest BCUT2D eigenvalue weighted by molar-refractivity contribution is 6.34. The molecule has 2 amide bonds. The van der Waals surface area contributed by atoms with E-state index in [1.807, 2.05) is 0 Å². The molecule has 9 heteroatoms. The number of ether oxygens (including phenoxy) is 1. The third-order valence-corrected chi connectivity index (χ3v) is 5.15. The Bertz CT molecular complexity index is 1300. The van der Waals surface area contributed by atoms with Gasteiger partial charge < -0.3 is 4.74 Å². The molecule has 0 saturated carbocycles. The average Bonchev–Trinajstić information content (AvgIpc) is 3.08. The lowest BCUT2D eigenvalue weighted by Gasteiger charge is -2.13. The minimum absolute atomic E-state index is 0.00478. The Morgan fingerprint density at radius 2 is 1.52 bits per heavy atom. The summed E-state index contributed by atoms with van der Waals surface area (Å²) in [5, 5.41) is 10.8. The molecule has 0 saturated heterocycles. The van der Waals surface area contributed by atoms with Crippen molar-refractivity contribution in [3.63, 3.8) is 0 Å². The number of Topliss-reactive ketones (excluding diaryl/α,β-unsaturated/α-hetero) is 1. The summed E-state index contributed by atoms with van der Waals surface area (Å²) in [6.45, 7) is 1.45. The van der Waals surface area contributed by atoms with Crippen LogP contribution in [0.2, 0.25) is 0 Å². The van der Waals surface area contributed by atoms with Gasteiger partial charge in [-0.2, -0.15) is 0 Å². The zero-order valence-corrected chi connectivity index (χ0v) is 17.3. The number of nitrogens with zero attached hydrogens (tertiary/aromatic N) is 2. The Morgan fingerprint density at radius 1 is 0.879 bits per heavy atom. The molecule has 0 bridgehead atoms. The normalized spacial score (nSPS) is 13.4. The van der Waals surface area contributed by atoms with Gasteiger partial charge in [0.05, 0.1) is 27.3 Å². The van der Waals surface area contributed by atoms with E-state index in [2.05, 4.69) is 0 Å². The Hall–Kier alpha value is -4.66. The first-order valence-corrected chi connectivity index (χ1v) is 9.85. The van der Waals surface area contributed by atoms with Crippen LogP contribution in [0.25, 0.3) is 0 Å². The number of fused-ring (bicyclic) bond motifs is 1. The lowest BCUT2D eigenvalue weighted by atomic mass is 10.1. The molecule has 1 unspecified atom stereocenters. The molecule has 1 aliphatic heterocycles. The maximum Gasteiger partial charge on any atom is 0.338 e. The van der Waals surface area contributed by atoms with Crippen LogP contribution < -0.4 is 4.90 Å². The lowest BCUT2D eigenvalue weighted by Crippen LogP contribution is -2.29. The molecule has 1 heterocycles. The molecule has 164 valence electrons. The monoisotopic (exact) mass is 444 g/mol. The van der Waals surface area contributed by atoms with Crippen molar-refractivity contribution in [1.29, 1.82) is 0 Å². The van der Waals surface area contributed by atoms with E-state index in [-0.39, 0.29) is 33.8 Å². The lowest BCUT2D eigenvalue weighted by molar-refractivity contribution is -0.384. The van der Waals surface area contributed by atoms with Crippen LogP contribution >= 0.6 is 0 Å². The maximum atomic E-state index is 12.9. The first-order valence-electron chi connectivity index (χ1n) is 9.85. The molecule has 0 radical (unpaired) electrons. The zero-order valence-electron chi connectivity index (χ0n) is 17.3. The summed E-state index contributed by atoms with van der Waals surface area (Å²) in [5.41, 5.74) is 0.468. The van der Waals surface area contributed by atoms with E-state index in [1.165, 1.54) is 49.4 Å². The summed E-state index contributed by atoms with van der Waals surface area (Å²) in [5.74, 6) is -2.48. The van der Waals surface area contributed by atoms with Crippen molar-refractivity contribution in [3.8, 4) is 0 Å². The van der Waals surface area contributed by atoms with Crippen LogP contribution in [0.15, 0.2) is 72.8 Å². The molecule has 3 aromatic carbocycles. The van der Waals surface area contributed by atoms with Gasteiger partial charge in [0.25, 0.3) is 17.5 Å². The largest absolute Gasteiger partial charge is 0.451 e. The van der Waals surface area contributed by atoms with Gasteiger partial charge in [0, 0.05) is 17.7 Å². The number of benzene rings is 3. The first-order chi connectivity index (χ1) is 15.8. The standard InChI is InChI=1S/C24H16N2O7/c1-14(21(27)15-5-3-2-4-6-15)33-24(30)16-7-12-19-20(13-16)23(29)25(22(19)28)17-8-10-18(11-9-17)26(31)32/h2-14H,1H3. The summed E-state index contributed by atoms with van der Waals surface area (Å²) < 4.78 is 5.26. The third-order valence-electron chi connectivity index (χ3n) is 5.15. The smallest absolute Gasteiger partial charge is 0.338 e. The van der Waals surface area contributed by atoms with Crippen molar-refractivity contribution >= 4 is 34.9 Å². The van der Waals surface area contributed by atoms with E-state index < -0.39 is 28.8 Å². The number of imide groups is 1. The average molecular weight is 444 g/mol. The van der Waals surface area contributed by atoms with Gasteiger partial charge in [-0.3, -0.25) is 24.5 Å². The van der Waals surface area contributed by atoms with Gasteiger partial charge in [0.1, 0.15) is 0 Å². The minimum atomic E-state index is -1.05. The van der Waals surface area contributed by atoms with Gasteiger partial charge in [-0.05, 0) is 37.3 Å². The fourth-order valence-electron chi connectivity index (χ4n) is 3.44. The number of carbonyl (C=O) groups is 4. The summed E-state index contributed by atoms with van der Waals surface area (Å²) in [4.78, 5) is 61.8. The van der Waals surface area contributed by atoms with E-state index in [0.717, 1.165) is 4.90 Å². The number of rotatable bonds is 6. The molecule has 0 fully saturated rings. The van der Waals surface area contributed by atoms with Crippen molar-refractivity contribution in [3.05, 3.63) is 105 Å². The van der Waals surface area contributed by atoms with E-state index in [4.69, 9.17) is 4.74 Å². The molecule has 0 N–H and O–H groups in total. The number of hydrogen-bond acceptors (Lipinski definition) is 7. The number of anilines is 1. The Kier molecular flexibility index (Phi) is 5.53. The molecule has 0 spiro atoms.